The first-order valence-corrected chi connectivity index (χ1v) is 9.40. The Morgan fingerprint density at radius 3 is 2.41 bits per heavy atom. The Bertz CT molecular complexity index is 344. The van der Waals surface area contributed by atoms with E-state index >= 15 is 0 Å². The molecule has 0 spiro atoms. The lowest BCUT2D eigenvalue weighted by molar-refractivity contribution is -0.139. The lowest BCUT2D eigenvalue weighted by atomic mass is 10.1. The molecule has 1 N–H and O–H groups in total. The van der Waals surface area contributed by atoms with Crippen LogP contribution in [-0.4, -0.2) is 31.7 Å². The van der Waals surface area contributed by atoms with Crippen LogP contribution in [0.25, 0.3) is 0 Å². The van der Waals surface area contributed by atoms with Gasteiger partial charge in [0.2, 0.25) is 0 Å². The molecule has 0 bridgehead atoms. The van der Waals surface area contributed by atoms with Crippen LogP contribution in [-0.2, 0) is 9.53 Å². The third-order valence-corrected chi connectivity index (χ3v) is 4.23. The number of unbranched alkanes of at least 4 members (excludes halogenated alkanes) is 5. The molecule has 0 aromatic carbocycles. The number of rotatable bonds is 14. The van der Waals surface area contributed by atoms with Crippen molar-refractivity contribution in [2.75, 3.05) is 19.0 Å². The molecule has 0 atom stereocenters. The van der Waals surface area contributed by atoms with Crippen molar-refractivity contribution in [2.45, 2.75) is 65.7 Å². The number of nitrogens with zero attached hydrogens (tertiary/aromatic N) is 1. The molecule has 0 aliphatic rings. The number of ether oxygens (including phenoxy) is 1. The van der Waals surface area contributed by atoms with Gasteiger partial charge in [-0.3, -0.25) is 10.3 Å². The first-order chi connectivity index (χ1) is 10.7. The van der Waals surface area contributed by atoms with Gasteiger partial charge in [-0.05, 0) is 31.9 Å². The van der Waals surface area contributed by atoms with E-state index in [-0.39, 0.29) is 12.7 Å². The Morgan fingerprint density at radius 2 is 1.82 bits per heavy atom. The summed E-state index contributed by atoms with van der Waals surface area (Å²) >= 11 is 1.52. The highest BCUT2D eigenvalue weighted by Gasteiger charge is 2.14. The zero-order valence-corrected chi connectivity index (χ0v) is 15.3. The number of aliphatic imine (C=N–C) groups is 1. The van der Waals surface area contributed by atoms with Crippen LogP contribution in [0.1, 0.15) is 65.7 Å². The fourth-order valence-corrected chi connectivity index (χ4v) is 2.82. The number of carbonyl (C=O) groups excluding carboxylic acids is 1. The molecule has 0 fully saturated rings. The summed E-state index contributed by atoms with van der Waals surface area (Å²) in [5.74, 6) is 0.572. The minimum Gasteiger partial charge on any atom is -0.446 e. The molecule has 0 aromatic rings. The Hall–Kier alpha value is -0.810. The van der Waals surface area contributed by atoms with E-state index in [9.17, 15) is 4.79 Å². The quantitative estimate of drug-likeness (QED) is 0.167. The summed E-state index contributed by atoms with van der Waals surface area (Å²) < 4.78 is 5.26. The molecule has 0 amide bonds. The number of nitrogens with one attached hydrogen (secondary N) is 1. The van der Waals surface area contributed by atoms with E-state index in [1.807, 2.05) is 13.8 Å². The summed E-state index contributed by atoms with van der Waals surface area (Å²) in [5, 5.41) is 3.84. The van der Waals surface area contributed by atoms with Gasteiger partial charge >= 0.3 is 5.97 Å². The maximum Gasteiger partial charge on any atom is 0.338 e. The van der Waals surface area contributed by atoms with Gasteiger partial charge in [0.1, 0.15) is 11.8 Å². The zero-order chi connectivity index (χ0) is 16.6. The smallest absolute Gasteiger partial charge is 0.338 e. The van der Waals surface area contributed by atoms with Gasteiger partial charge in [0.05, 0.1) is 5.57 Å². The summed E-state index contributed by atoms with van der Waals surface area (Å²) in [6.45, 7) is 10.9. The van der Waals surface area contributed by atoms with Crippen molar-refractivity contribution in [1.29, 1.82) is 0 Å². The fourth-order valence-electron chi connectivity index (χ4n) is 2.05. The number of thioether (sulfide) groups is 1. The molecule has 0 aliphatic heterocycles. The zero-order valence-electron chi connectivity index (χ0n) is 14.5. The van der Waals surface area contributed by atoms with Gasteiger partial charge in [-0.15, -0.1) is 11.8 Å². The molecule has 0 aromatic heterocycles. The van der Waals surface area contributed by atoms with E-state index < -0.39 is 0 Å². The SMILES string of the molecule is C=N/C(SCC)=C(/CC)C(=O)OCNCCCCCCCC. The average Bonchev–Trinajstić information content (AvgIpc) is 2.53. The second-order valence-electron chi connectivity index (χ2n) is 5.07. The summed E-state index contributed by atoms with van der Waals surface area (Å²) in [7, 11) is 0. The molecule has 0 rings (SSSR count). The van der Waals surface area contributed by atoms with Crippen LogP contribution in [0, 0.1) is 0 Å². The number of esters is 1. The van der Waals surface area contributed by atoms with Crippen molar-refractivity contribution >= 4 is 24.4 Å². The Kier molecular flexibility index (Phi) is 14.5. The van der Waals surface area contributed by atoms with Crippen molar-refractivity contribution in [3.8, 4) is 0 Å². The number of hydrogen-bond donors (Lipinski definition) is 1. The van der Waals surface area contributed by atoms with Crippen molar-refractivity contribution in [3.63, 3.8) is 0 Å². The monoisotopic (exact) mass is 328 g/mol. The predicted molar refractivity (Wildman–Crippen MR) is 97.3 cm³/mol. The number of carbonyl (C=O) groups is 1. The molecule has 0 radical (unpaired) electrons. The van der Waals surface area contributed by atoms with Gasteiger partial charge < -0.3 is 4.74 Å². The highest BCUT2D eigenvalue weighted by molar-refractivity contribution is 8.03. The van der Waals surface area contributed by atoms with Crippen LogP contribution < -0.4 is 5.32 Å². The van der Waals surface area contributed by atoms with Crippen molar-refractivity contribution in [3.05, 3.63) is 10.6 Å². The molecule has 0 saturated carbocycles. The Labute approximate surface area is 140 Å². The molecular weight excluding hydrogens is 296 g/mol. The van der Waals surface area contributed by atoms with Gasteiger partial charge in [-0.2, -0.15) is 0 Å². The van der Waals surface area contributed by atoms with Crippen LogP contribution in [0.15, 0.2) is 15.6 Å². The highest BCUT2D eigenvalue weighted by atomic mass is 32.2. The van der Waals surface area contributed by atoms with Crippen LogP contribution in [0.2, 0.25) is 0 Å². The van der Waals surface area contributed by atoms with Crippen molar-refractivity contribution in [2.24, 2.45) is 4.99 Å². The molecule has 0 aliphatic carbocycles. The third kappa shape index (κ3) is 10.0. The Balaban J connectivity index is 3.90. The summed E-state index contributed by atoms with van der Waals surface area (Å²) in [4.78, 5) is 16.0. The first-order valence-electron chi connectivity index (χ1n) is 8.41. The van der Waals surface area contributed by atoms with E-state index in [2.05, 4.69) is 24.0 Å². The molecule has 128 valence electrons. The molecule has 0 unspecified atom stereocenters. The van der Waals surface area contributed by atoms with E-state index in [1.165, 1.54) is 43.9 Å². The normalized spacial score (nSPS) is 12.0. The fraction of sp³-hybridized carbons (Fsp3) is 0.765. The summed E-state index contributed by atoms with van der Waals surface area (Å²) in [6, 6.07) is 0. The standard InChI is InChI=1S/C17H32N2O2S/c1-5-8-9-10-11-12-13-19-14-21-17(20)15(6-2)16(18-4)22-7-3/h19H,4-14H2,1-3H3/b16-15+. The predicted octanol–water partition coefficient (Wildman–Crippen LogP) is 4.51. The van der Waals surface area contributed by atoms with Gasteiger partial charge in [-0.1, -0.05) is 52.9 Å². The van der Waals surface area contributed by atoms with Crippen molar-refractivity contribution in [1.82, 2.24) is 5.32 Å². The lowest BCUT2D eigenvalue weighted by Crippen LogP contribution is -2.22. The van der Waals surface area contributed by atoms with Gasteiger partial charge in [0, 0.05) is 0 Å². The maximum atomic E-state index is 12.0. The van der Waals surface area contributed by atoms with E-state index in [0.717, 1.165) is 18.7 Å². The van der Waals surface area contributed by atoms with Gasteiger partial charge in [0.25, 0.3) is 0 Å². The molecule has 5 heteroatoms. The van der Waals surface area contributed by atoms with Gasteiger partial charge in [-0.25, -0.2) is 4.79 Å². The second-order valence-corrected chi connectivity index (χ2v) is 6.33. The molecule has 0 saturated heterocycles. The average molecular weight is 329 g/mol. The maximum absolute atomic E-state index is 12.0. The lowest BCUT2D eigenvalue weighted by Gasteiger charge is -2.10. The van der Waals surface area contributed by atoms with Crippen LogP contribution in [0.4, 0.5) is 0 Å². The van der Waals surface area contributed by atoms with Crippen LogP contribution in [0.3, 0.4) is 0 Å². The van der Waals surface area contributed by atoms with Crippen LogP contribution >= 0.6 is 11.8 Å². The molecule has 0 heterocycles. The van der Waals surface area contributed by atoms with Gasteiger partial charge in [0.15, 0.2) is 0 Å². The largest absolute Gasteiger partial charge is 0.446 e. The molecular formula is C17H32N2O2S. The minimum absolute atomic E-state index is 0.262. The highest BCUT2D eigenvalue weighted by Crippen LogP contribution is 2.23. The van der Waals surface area contributed by atoms with Crippen LogP contribution in [0.5, 0.6) is 0 Å². The van der Waals surface area contributed by atoms with E-state index in [0.29, 0.717) is 17.0 Å². The van der Waals surface area contributed by atoms with E-state index in [4.69, 9.17) is 4.74 Å². The summed E-state index contributed by atoms with van der Waals surface area (Å²) in [5.41, 5.74) is 0.614. The van der Waals surface area contributed by atoms with Crippen molar-refractivity contribution < 1.29 is 9.53 Å². The molecule has 4 nitrogen and oxygen atoms in total. The second kappa shape index (κ2) is 15.1. The minimum atomic E-state index is -0.290. The summed E-state index contributed by atoms with van der Waals surface area (Å²) in [6.07, 6.45) is 8.19. The first kappa shape index (κ1) is 21.2. The topological polar surface area (TPSA) is 50.7 Å². The molecule has 22 heavy (non-hydrogen) atoms. The third-order valence-electron chi connectivity index (χ3n) is 3.30. The Morgan fingerprint density at radius 1 is 1.14 bits per heavy atom. The number of hydrogen-bond acceptors (Lipinski definition) is 5. The van der Waals surface area contributed by atoms with E-state index in [1.54, 1.807) is 0 Å².